The van der Waals surface area contributed by atoms with Gasteiger partial charge in [0.2, 0.25) is 0 Å². The lowest BCUT2D eigenvalue weighted by atomic mass is 10.2. The molecule has 0 bridgehead atoms. The Morgan fingerprint density at radius 1 is 1.17 bits per heavy atom. The first-order valence-corrected chi connectivity index (χ1v) is 5.56. The SMILES string of the molecule is COc1ccc2cc(-c3cc(N)ccn3)oc2c1. The minimum absolute atomic E-state index is 0.665. The van der Waals surface area contributed by atoms with Gasteiger partial charge in [0.05, 0.1) is 7.11 Å². The number of nitrogens with two attached hydrogens (primary N) is 1. The van der Waals surface area contributed by atoms with Crippen LogP contribution in [0.25, 0.3) is 22.4 Å². The van der Waals surface area contributed by atoms with Crippen molar-refractivity contribution in [3.05, 3.63) is 42.6 Å². The highest BCUT2D eigenvalue weighted by Crippen LogP contribution is 2.29. The number of ether oxygens (including phenoxy) is 1. The molecule has 0 aliphatic heterocycles. The number of nitrogens with zero attached hydrogens (tertiary/aromatic N) is 1. The minimum atomic E-state index is 0.665. The summed E-state index contributed by atoms with van der Waals surface area (Å²) in [5, 5.41) is 1.01. The molecule has 4 heteroatoms. The third kappa shape index (κ3) is 1.78. The van der Waals surface area contributed by atoms with E-state index in [0.29, 0.717) is 11.4 Å². The van der Waals surface area contributed by atoms with E-state index in [1.54, 1.807) is 25.4 Å². The molecule has 0 spiro atoms. The zero-order valence-electron chi connectivity index (χ0n) is 9.88. The van der Waals surface area contributed by atoms with E-state index >= 15 is 0 Å². The average molecular weight is 240 g/mol. The Balaban J connectivity index is 2.13. The minimum Gasteiger partial charge on any atom is -0.497 e. The van der Waals surface area contributed by atoms with Crippen molar-refractivity contribution in [2.45, 2.75) is 0 Å². The van der Waals surface area contributed by atoms with Crippen molar-refractivity contribution in [1.82, 2.24) is 4.98 Å². The highest BCUT2D eigenvalue weighted by Gasteiger charge is 2.08. The van der Waals surface area contributed by atoms with Gasteiger partial charge in [-0.05, 0) is 30.3 Å². The van der Waals surface area contributed by atoms with E-state index in [1.807, 2.05) is 24.3 Å². The van der Waals surface area contributed by atoms with Crippen LogP contribution in [-0.2, 0) is 0 Å². The highest BCUT2D eigenvalue weighted by atomic mass is 16.5. The highest BCUT2D eigenvalue weighted by molar-refractivity contribution is 5.83. The summed E-state index contributed by atoms with van der Waals surface area (Å²) in [5.41, 5.74) is 7.90. The molecule has 0 aliphatic carbocycles. The van der Waals surface area contributed by atoms with Crippen molar-refractivity contribution in [3.63, 3.8) is 0 Å². The zero-order valence-corrected chi connectivity index (χ0v) is 9.88. The van der Waals surface area contributed by atoms with E-state index in [0.717, 1.165) is 22.4 Å². The largest absolute Gasteiger partial charge is 0.497 e. The van der Waals surface area contributed by atoms with Gasteiger partial charge >= 0.3 is 0 Å². The molecule has 3 aromatic rings. The predicted octanol–water partition coefficient (Wildman–Crippen LogP) is 3.09. The summed E-state index contributed by atoms with van der Waals surface area (Å²) in [7, 11) is 1.63. The quantitative estimate of drug-likeness (QED) is 0.747. The van der Waals surface area contributed by atoms with Crippen LogP contribution in [0.3, 0.4) is 0 Å². The molecule has 0 radical (unpaired) electrons. The summed E-state index contributed by atoms with van der Waals surface area (Å²) in [5.74, 6) is 1.47. The maximum absolute atomic E-state index is 5.75. The smallest absolute Gasteiger partial charge is 0.153 e. The number of fused-ring (bicyclic) bond motifs is 1. The van der Waals surface area contributed by atoms with Gasteiger partial charge in [0.1, 0.15) is 17.0 Å². The Hall–Kier alpha value is -2.49. The topological polar surface area (TPSA) is 61.3 Å². The number of nitrogen functional groups attached to an aromatic ring is 1. The Bertz CT molecular complexity index is 704. The molecule has 2 heterocycles. The van der Waals surface area contributed by atoms with Gasteiger partial charge < -0.3 is 14.9 Å². The average Bonchev–Trinajstić information content (AvgIpc) is 2.81. The lowest BCUT2D eigenvalue weighted by molar-refractivity contribution is 0.414. The lowest BCUT2D eigenvalue weighted by Crippen LogP contribution is -1.86. The summed E-state index contributed by atoms with van der Waals surface area (Å²) in [6, 6.07) is 11.2. The summed E-state index contributed by atoms with van der Waals surface area (Å²) in [6.07, 6.45) is 1.67. The van der Waals surface area contributed by atoms with E-state index < -0.39 is 0 Å². The number of hydrogen-bond acceptors (Lipinski definition) is 4. The molecule has 0 atom stereocenters. The second-order valence-corrected chi connectivity index (χ2v) is 3.99. The van der Waals surface area contributed by atoms with Crippen LogP contribution in [0.4, 0.5) is 5.69 Å². The molecule has 90 valence electrons. The monoisotopic (exact) mass is 240 g/mol. The summed E-state index contributed by atoms with van der Waals surface area (Å²) in [6.45, 7) is 0. The molecule has 0 amide bonds. The number of furan rings is 1. The molecular weight excluding hydrogens is 228 g/mol. The van der Waals surface area contributed by atoms with E-state index in [2.05, 4.69) is 4.98 Å². The standard InChI is InChI=1S/C14H12N2O2/c1-17-11-3-2-9-6-14(18-13(9)8-11)12-7-10(15)4-5-16-12/h2-8H,1H3,(H2,15,16). The fourth-order valence-corrected chi connectivity index (χ4v) is 1.85. The van der Waals surface area contributed by atoms with Crippen LogP contribution >= 0.6 is 0 Å². The molecule has 0 fully saturated rings. The van der Waals surface area contributed by atoms with Crippen molar-refractivity contribution in [2.75, 3.05) is 12.8 Å². The second kappa shape index (κ2) is 4.07. The third-order valence-corrected chi connectivity index (χ3v) is 2.76. The normalized spacial score (nSPS) is 10.7. The number of hydrogen-bond donors (Lipinski definition) is 1. The number of aromatic nitrogens is 1. The van der Waals surface area contributed by atoms with Crippen molar-refractivity contribution in [2.24, 2.45) is 0 Å². The number of methoxy groups -OCH3 is 1. The Morgan fingerprint density at radius 3 is 2.83 bits per heavy atom. The first-order valence-electron chi connectivity index (χ1n) is 5.56. The summed E-state index contributed by atoms with van der Waals surface area (Å²) >= 11 is 0. The molecule has 3 rings (SSSR count). The Kier molecular flexibility index (Phi) is 2.41. The van der Waals surface area contributed by atoms with Crippen molar-refractivity contribution in [1.29, 1.82) is 0 Å². The van der Waals surface area contributed by atoms with Gasteiger partial charge in [0.15, 0.2) is 5.76 Å². The molecule has 0 aliphatic rings. The van der Waals surface area contributed by atoms with Crippen LogP contribution in [0, 0.1) is 0 Å². The van der Waals surface area contributed by atoms with Gasteiger partial charge in [-0.25, -0.2) is 0 Å². The molecule has 0 saturated carbocycles. The number of anilines is 1. The van der Waals surface area contributed by atoms with Gasteiger partial charge in [-0.3, -0.25) is 4.98 Å². The third-order valence-electron chi connectivity index (χ3n) is 2.76. The van der Waals surface area contributed by atoms with Crippen molar-refractivity contribution in [3.8, 4) is 17.2 Å². The zero-order chi connectivity index (χ0) is 12.5. The van der Waals surface area contributed by atoms with Crippen molar-refractivity contribution >= 4 is 16.7 Å². The van der Waals surface area contributed by atoms with E-state index in [9.17, 15) is 0 Å². The molecule has 18 heavy (non-hydrogen) atoms. The summed E-state index contributed by atoms with van der Waals surface area (Å²) < 4.78 is 10.9. The number of benzene rings is 1. The molecule has 4 nitrogen and oxygen atoms in total. The summed E-state index contributed by atoms with van der Waals surface area (Å²) in [4.78, 5) is 4.24. The fourth-order valence-electron chi connectivity index (χ4n) is 1.85. The van der Waals surface area contributed by atoms with Gasteiger partial charge in [0.25, 0.3) is 0 Å². The van der Waals surface area contributed by atoms with Crippen LogP contribution in [0.1, 0.15) is 0 Å². The second-order valence-electron chi connectivity index (χ2n) is 3.99. The first kappa shape index (κ1) is 10.7. The van der Waals surface area contributed by atoms with Crippen LogP contribution < -0.4 is 10.5 Å². The number of rotatable bonds is 2. The van der Waals surface area contributed by atoms with E-state index in [-0.39, 0.29) is 0 Å². The molecular formula is C14H12N2O2. The van der Waals surface area contributed by atoms with Crippen LogP contribution in [0.5, 0.6) is 5.75 Å². The van der Waals surface area contributed by atoms with Gasteiger partial charge in [-0.15, -0.1) is 0 Å². The van der Waals surface area contributed by atoms with Crippen LogP contribution in [0.2, 0.25) is 0 Å². The molecule has 2 N–H and O–H groups in total. The molecule has 1 aromatic carbocycles. The van der Waals surface area contributed by atoms with E-state index in [1.165, 1.54) is 0 Å². The van der Waals surface area contributed by atoms with E-state index in [4.69, 9.17) is 14.9 Å². The molecule has 0 unspecified atom stereocenters. The maximum Gasteiger partial charge on any atom is 0.153 e. The molecule has 0 saturated heterocycles. The lowest BCUT2D eigenvalue weighted by Gasteiger charge is -1.97. The Morgan fingerprint density at radius 2 is 2.06 bits per heavy atom. The Labute approximate surface area is 104 Å². The van der Waals surface area contributed by atoms with Crippen LogP contribution in [0.15, 0.2) is 47.0 Å². The van der Waals surface area contributed by atoms with Gasteiger partial charge in [-0.1, -0.05) is 0 Å². The van der Waals surface area contributed by atoms with Gasteiger partial charge in [0, 0.05) is 23.3 Å². The van der Waals surface area contributed by atoms with Crippen LogP contribution in [-0.4, -0.2) is 12.1 Å². The first-order chi connectivity index (χ1) is 8.76. The van der Waals surface area contributed by atoms with Crippen molar-refractivity contribution < 1.29 is 9.15 Å². The molecule has 2 aromatic heterocycles. The number of pyridine rings is 1. The van der Waals surface area contributed by atoms with Gasteiger partial charge in [-0.2, -0.15) is 0 Å². The maximum atomic E-state index is 5.75. The predicted molar refractivity (Wildman–Crippen MR) is 70.4 cm³/mol. The fraction of sp³-hybridized carbons (Fsp3) is 0.0714.